The molecule has 2 aromatic carbocycles. The Bertz CT molecular complexity index is 702. The maximum absolute atomic E-state index is 12.8. The van der Waals surface area contributed by atoms with Gasteiger partial charge in [0.25, 0.3) is 0 Å². The Balaban J connectivity index is 1.77. The van der Waals surface area contributed by atoms with Crippen LogP contribution in [0.3, 0.4) is 0 Å². The van der Waals surface area contributed by atoms with Gasteiger partial charge in [0, 0.05) is 11.4 Å². The molecule has 2 aromatic rings. The van der Waals surface area contributed by atoms with Crippen LogP contribution in [0.2, 0.25) is 0 Å². The summed E-state index contributed by atoms with van der Waals surface area (Å²) in [6, 6.07) is 13.1. The van der Waals surface area contributed by atoms with Crippen LogP contribution in [-0.4, -0.2) is 22.8 Å². The summed E-state index contributed by atoms with van der Waals surface area (Å²) >= 11 is 1.24. The Kier molecular flexibility index (Phi) is 6.37. The summed E-state index contributed by atoms with van der Waals surface area (Å²) in [5.41, 5.74) is 2.38. The molecule has 0 spiro atoms. The first-order chi connectivity index (χ1) is 11.4. The molecule has 126 valence electrons. The van der Waals surface area contributed by atoms with Crippen LogP contribution in [0.25, 0.3) is 0 Å². The van der Waals surface area contributed by atoms with Crippen molar-refractivity contribution in [1.82, 2.24) is 0 Å². The Hall–Kier alpha value is -2.34. The number of amides is 2. The molecule has 2 amide bonds. The molecule has 0 aliphatic rings. The van der Waals surface area contributed by atoms with Gasteiger partial charge in [-0.15, -0.1) is 11.8 Å². The molecule has 0 bridgehead atoms. The molecule has 0 heterocycles. The molecule has 0 saturated carbocycles. The van der Waals surface area contributed by atoms with E-state index in [-0.39, 0.29) is 23.4 Å². The number of carbonyl (C=O) groups excluding carboxylic acids is 2. The molecule has 0 aliphatic heterocycles. The summed E-state index contributed by atoms with van der Waals surface area (Å²) in [5.74, 6) is -0.575. The maximum atomic E-state index is 12.8. The van der Waals surface area contributed by atoms with Gasteiger partial charge in [-0.2, -0.15) is 0 Å². The van der Waals surface area contributed by atoms with Crippen molar-refractivity contribution in [3.8, 4) is 0 Å². The van der Waals surface area contributed by atoms with Crippen molar-refractivity contribution in [2.45, 2.75) is 19.1 Å². The number of thioether (sulfide) groups is 1. The third-order valence-electron chi connectivity index (χ3n) is 3.28. The average Bonchev–Trinajstić information content (AvgIpc) is 2.57. The smallest absolute Gasteiger partial charge is 0.237 e. The van der Waals surface area contributed by atoms with E-state index >= 15 is 0 Å². The van der Waals surface area contributed by atoms with Gasteiger partial charge >= 0.3 is 0 Å². The highest BCUT2D eigenvalue weighted by Crippen LogP contribution is 2.16. The third-order valence-corrected chi connectivity index (χ3v) is 4.42. The van der Waals surface area contributed by atoms with Crippen LogP contribution in [0, 0.1) is 12.7 Å². The van der Waals surface area contributed by atoms with Gasteiger partial charge in [0.1, 0.15) is 5.82 Å². The number of carbonyl (C=O) groups is 2. The first kappa shape index (κ1) is 18.0. The lowest BCUT2D eigenvalue weighted by molar-refractivity contribution is -0.115. The van der Waals surface area contributed by atoms with Crippen LogP contribution in [0.4, 0.5) is 15.8 Å². The van der Waals surface area contributed by atoms with Crippen LogP contribution in [0.15, 0.2) is 48.5 Å². The van der Waals surface area contributed by atoms with E-state index in [4.69, 9.17) is 0 Å². The minimum Gasteiger partial charge on any atom is -0.325 e. The van der Waals surface area contributed by atoms with Gasteiger partial charge in [-0.25, -0.2) is 4.39 Å². The largest absolute Gasteiger partial charge is 0.325 e. The lowest BCUT2D eigenvalue weighted by atomic mass is 10.2. The van der Waals surface area contributed by atoms with Crippen LogP contribution < -0.4 is 10.6 Å². The fraction of sp³-hybridized carbons (Fsp3) is 0.222. The Labute approximate surface area is 144 Å². The zero-order chi connectivity index (χ0) is 17.5. The van der Waals surface area contributed by atoms with Gasteiger partial charge in [0.15, 0.2) is 0 Å². The molecule has 0 saturated heterocycles. The topological polar surface area (TPSA) is 58.2 Å². The molecule has 0 fully saturated rings. The fourth-order valence-corrected chi connectivity index (χ4v) is 2.57. The van der Waals surface area contributed by atoms with Gasteiger partial charge in [-0.05, 0) is 50.2 Å². The molecule has 6 heteroatoms. The van der Waals surface area contributed by atoms with E-state index in [2.05, 4.69) is 10.6 Å². The summed E-state index contributed by atoms with van der Waals surface area (Å²) < 4.78 is 12.8. The van der Waals surface area contributed by atoms with Gasteiger partial charge in [0.2, 0.25) is 11.8 Å². The molecule has 2 rings (SSSR count). The summed E-state index contributed by atoms with van der Waals surface area (Å²) in [7, 11) is 0. The molecule has 24 heavy (non-hydrogen) atoms. The van der Waals surface area contributed by atoms with E-state index in [1.54, 1.807) is 6.92 Å². The van der Waals surface area contributed by atoms with Gasteiger partial charge in [-0.1, -0.05) is 17.7 Å². The van der Waals surface area contributed by atoms with Crippen LogP contribution >= 0.6 is 11.8 Å². The number of hydrogen-bond donors (Lipinski definition) is 2. The van der Waals surface area contributed by atoms with Crippen molar-refractivity contribution in [1.29, 1.82) is 0 Å². The summed E-state index contributed by atoms with van der Waals surface area (Å²) in [4.78, 5) is 24.0. The van der Waals surface area contributed by atoms with E-state index in [0.717, 1.165) is 11.3 Å². The number of rotatable bonds is 6. The molecular weight excluding hydrogens is 327 g/mol. The van der Waals surface area contributed by atoms with Crippen molar-refractivity contribution in [3.63, 3.8) is 0 Å². The number of halogens is 1. The Morgan fingerprint density at radius 1 is 1.00 bits per heavy atom. The standard InChI is InChI=1S/C18H19FN2O2S/c1-12-3-7-15(8-4-12)20-17(22)11-24-13(2)18(23)21-16-9-5-14(19)6-10-16/h3-10,13H,11H2,1-2H3,(H,20,22)(H,21,23)/t13-/m0/s1. The predicted molar refractivity (Wildman–Crippen MR) is 96.8 cm³/mol. The highest BCUT2D eigenvalue weighted by Gasteiger charge is 2.15. The Morgan fingerprint density at radius 3 is 2.17 bits per heavy atom. The zero-order valence-corrected chi connectivity index (χ0v) is 14.3. The summed E-state index contributed by atoms with van der Waals surface area (Å²) in [5, 5.41) is 5.07. The van der Waals surface area contributed by atoms with E-state index in [0.29, 0.717) is 5.69 Å². The monoisotopic (exact) mass is 346 g/mol. The quantitative estimate of drug-likeness (QED) is 0.836. The molecule has 4 nitrogen and oxygen atoms in total. The lowest BCUT2D eigenvalue weighted by Gasteiger charge is -2.12. The van der Waals surface area contributed by atoms with Crippen LogP contribution in [0.1, 0.15) is 12.5 Å². The Morgan fingerprint density at radius 2 is 1.54 bits per heavy atom. The molecular formula is C18H19FN2O2S. The second kappa shape index (κ2) is 8.49. The van der Waals surface area contributed by atoms with Crippen LogP contribution in [-0.2, 0) is 9.59 Å². The van der Waals surface area contributed by atoms with Crippen molar-refractivity contribution in [2.24, 2.45) is 0 Å². The SMILES string of the molecule is Cc1ccc(NC(=O)CS[C@@H](C)C(=O)Nc2ccc(F)cc2)cc1. The maximum Gasteiger partial charge on any atom is 0.237 e. The van der Waals surface area contributed by atoms with E-state index in [1.807, 2.05) is 31.2 Å². The number of hydrogen-bond acceptors (Lipinski definition) is 3. The summed E-state index contributed by atoms with van der Waals surface area (Å²) in [6.07, 6.45) is 0. The number of benzene rings is 2. The highest BCUT2D eigenvalue weighted by molar-refractivity contribution is 8.01. The number of aryl methyl sites for hydroxylation is 1. The van der Waals surface area contributed by atoms with Crippen molar-refractivity contribution >= 4 is 35.0 Å². The molecule has 0 aromatic heterocycles. The van der Waals surface area contributed by atoms with E-state index in [9.17, 15) is 14.0 Å². The second-order valence-electron chi connectivity index (χ2n) is 5.36. The molecule has 2 N–H and O–H groups in total. The van der Waals surface area contributed by atoms with E-state index in [1.165, 1.54) is 36.0 Å². The van der Waals surface area contributed by atoms with Gasteiger partial charge < -0.3 is 10.6 Å². The first-order valence-electron chi connectivity index (χ1n) is 7.48. The normalized spacial score (nSPS) is 11.6. The predicted octanol–water partition coefficient (Wildman–Crippen LogP) is 3.83. The fourth-order valence-electron chi connectivity index (χ4n) is 1.89. The minimum absolute atomic E-state index is 0.162. The average molecular weight is 346 g/mol. The number of nitrogens with one attached hydrogen (secondary N) is 2. The summed E-state index contributed by atoms with van der Waals surface area (Å²) in [6.45, 7) is 3.70. The molecule has 1 atom stereocenters. The number of anilines is 2. The highest BCUT2D eigenvalue weighted by atomic mass is 32.2. The van der Waals surface area contributed by atoms with Crippen molar-refractivity contribution in [3.05, 3.63) is 59.9 Å². The molecule has 0 radical (unpaired) electrons. The van der Waals surface area contributed by atoms with E-state index < -0.39 is 5.25 Å². The minimum atomic E-state index is -0.404. The third kappa shape index (κ3) is 5.70. The first-order valence-corrected chi connectivity index (χ1v) is 8.53. The van der Waals surface area contributed by atoms with Crippen LogP contribution in [0.5, 0.6) is 0 Å². The van der Waals surface area contributed by atoms with Crippen molar-refractivity contribution in [2.75, 3.05) is 16.4 Å². The molecule has 0 unspecified atom stereocenters. The lowest BCUT2D eigenvalue weighted by Crippen LogP contribution is -2.25. The van der Waals surface area contributed by atoms with Crippen molar-refractivity contribution < 1.29 is 14.0 Å². The van der Waals surface area contributed by atoms with Gasteiger partial charge in [-0.3, -0.25) is 9.59 Å². The molecule has 0 aliphatic carbocycles. The van der Waals surface area contributed by atoms with Gasteiger partial charge in [0.05, 0.1) is 11.0 Å². The zero-order valence-electron chi connectivity index (χ0n) is 13.5. The second-order valence-corrected chi connectivity index (χ2v) is 6.69.